The molecule has 0 unspecified atom stereocenters. The van der Waals surface area contributed by atoms with Crippen molar-refractivity contribution in [3.8, 4) is 100 Å². The van der Waals surface area contributed by atoms with Crippen LogP contribution in [-0.4, -0.2) is 0 Å². The van der Waals surface area contributed by atoms with Gasteiger partial charge in [-0.25, -0.2) is 0 Å². The van der Waals surface area contributed by atoms with Crippen LogP contribution in [0.2, 0.25) is 0 Å². The van der Waals surface area contributed by atoms with Gasteiger partial charge in [0, 0.05) is 0 Å². The van der Waals surface area contributed by atoms with Crippen molar-refractivity contribution < 1.29 is 0 Å². The first-order valence-corrected chi connectivity index (χ1v) is 25.2. The van der Waals surface area contributed by atoms with E-state index in [1.807, 2.05) is 0 Å². The van der Waals surface area contributed by atoms with Gasteiger partial charge in [0.2, 0.25) is 0 Å². The van der Waals surface area contributed by atoms with E-state index in [9.17, 15) is 0 Å². The summed E-state index contributed by atoms with van der Waals surface area (Å²) in [7, 11) is 0. The highest BCUT2D eigenvalue weighted by molar-refractivity contribution is 6.33. The van der Waals surface area contributed by atoms with E-state index in [-0.39, 0.29) is 0 Å². The third-order valence-corrected chi connectivity index (χ3v) is 16.1. The Kier molecular flexibility index (Phi) is 8.26. The fraction of sp³-hybridized carbons (Fsp3) is 0. The number of hydrogen-bond acceptors (Lipinski definition) is 0. The maximum Gasteiger partial charge on any atom is -0.00137 e. The predicted octanol–water partition coefficient (Wildman–Crippen LogP) is 20.2. The molecule has 0 radical (unpaired) electrons. The van der Waals surface area contributed by atoms with Gasteiger partial charge in [-0.15, -0.1) is 0 Å². The summed E-state index contributed by atoms with van der Waals surface area (Å²) in [5, 5.41) is 15.4. The fourth-order valence-electron chi connectivity index (χ4n) is 12.9. The second-order valence-corrected chi connectivity index (χ2v) is 19.8. The number of rotatable bonds is 5. The molecule has 0 heteroatoms. The molecule has 2 aliphatic rings. The van der Waals surface area contributed by atoms with E-state index >= 15 is 0 Å². The summed E-state index contributed by atoms with van der Waals surface area (Å²) in [5.74, 6) is 0. The average molecular weight is 907 g/mol. The van der Waals surface area contributed by atoms with Gasteiger partial charge in [-0.2, -0.15) is 0 Å². The minimum atomic E-state index is 1.21. The van der Waals surface area contributed by atoms with Gasteiger partial charge in [-0.05, 0) is 201 Å². The highest BCUT2D eigenvalue weighted by Gasteiger charge is 2.29. The molecule has 2 aliphatic carbocycles. The average Bonchev–Trinajstić information content (AvgIpc) is 3.97. The summed E-state index contributed by atoms with van der Waals surface area (Å²) in [5.41, 5.74) is 22.8. The molecule has 72 heavy (non-hydrogen) atoms. The van der Waals surface area contributed by atoms with Crippen molar-refractivity contribution in [2.24, 2.45) is 0 Å². The third-order valence-electron chi connectivity index (χ3n) is 16.1. The van der Waals surface area contributed by atoms with Crippen molar-refractivity contribution in [3.63, 3.8) is 0 Å². The lowest BCUT2D eigenvalue weighted by molar-refractivity contribution is 1.64. The van der Waals surface area contributed by atoms with E-state index < -0.39 is 0 Å². The highest BCUT2D eigenvalue weighted by Crippen LogP contribution is 2.57. The fourth-order valence-corrected chi connectivity index (χ4v) is 12.9. The van der Waals surface area contributed by atoms with E-state index in [1.165, 1.54) is 165 Å². The van der Waals surface area contributed by atoms with Gasteiger partial charge in [0.1, 0.15) is 0 Å². The lowest BCUT2D eigenvalue weighted by Crippen LogP contribution is -1.92. The molecule has 0 fully saturated rings. The summed E-state index contributed by atoms with van der Waals surface area (Å²) >= 11 is 0. The number of fused-ring (bicyclic) bond motifs is 14. The summed E-state index contributed by atoms with van der Waals surface area (Å²) in [6, 6.07) is 95.8. The number of benzene rings is 14. The first-order chi connectivity index (χ1) is 35.7. The first kappa shape index (κ1) is 39.5. The second kappa shape index (κ2) is 15.1. The van der Waals surface area contributed by atoms with Gasteiger partial charge in [-0.1, -0.05) is 218 Å². The van der Waals surface area contributed by atoms with Gasteiger partial charge < -0.3 is 0 Å². The van der Waals surface area contributed by atoms with Crippen LogP contribution in [0.5, 0.6) is 0 Å². The molecule has 16 rings (SSSR count). The highest BCUT2D eigenvalue weighted by atomic mass is 14.3. The van der Waals surface area contributed by atoms with Gasteiger partial charge >= 0.3 is 0 Å². The molecule has 0 saturated heterocycles. The van der Waals surface area contributed by atoms with E-state index in [0.29, 0.717) is 0 Å². The summed E-state index contributed by atoms with van der Waals surface area (Å²) in [4.78, 5) is 0. The third kappa shape index (κ3) is 5.58. The molecule has 0 spiro atoms. The van der Waals surface area contributed by atoms with Crippen molar-refractivity contribution in [1.82, 2.24) is 0 Å². The Morgan fingerprint density at radius 2 is 0.458 bits per heavy atom. The Hall–Kier alpha value is -9.36. The minimum absolute atomic E-state index is 1.21. The maximum absolute atomic E-state index is 2.56. The Labute approximate surface area is 417 Å². The zero-order valence-electron chi connectivity index (χ0n) is 39.2. The molecular weight excluding hydrogens is 865 g/mol. The predicted molar refractivity (Wildman–Crippen MR) is 308 cm³/mol. The molecule has 330 valence electrons. The Balaban J connectivity index is 1.07. The van der Waals surface area contributed by atoms with Crippen LogP contribution in [-0.2, 0) is 0 Å². The van der Waals surface area contributed by atoms with Crippen LogP contribution >= 0.6 is 0 Å². The van der Waals surface area contributed by atoms with Crippen LogP contribution in [0.1, 0.15) is 0 Å². The van der Waals surface area contributed by atoms with Crippen molar-refractivity contribution in [3.05, 3.63) is 255 Å². The normalized spacial score (nSPS) is 12.2. The topological polar surface area (TPSA) is 0 Å². The molecule has 14 aromatic carbocycles. The Morgan fingerprint density at radius 1 is 0.139 bits per heavy atom. The smallest absolute Gasteiger partial charge is 0.00137 e. The van der Waals surface area contributed by atoms with Crippen LogP contribution in [0, 0.1) is 0 Å². The molecule has 0 bridgehead atoms. The molecule has 0 aliphatic heterocycles. The molecule has 0 atom stereocenters. The number of hydrogen-bond donors (Lipinski definition) is 0. The first-order valence-electron chi connectivity index (χ1n) is 25.2. The molecule has 0 saturated carbocycles. The van der Waals surface area contributed by atoms with Gasteiger partial charge in [0.15, 0.2) is 0 Å². The zero-order chi connectivity index (χ0) is 47.0. The Morgan fingerprint density at radius 3 is 0.861 bits per heavy atom. The van der Waals surface area contributed by atoms with Crippen molar-refractivity contribution >= 4 is 64.6 Å². The Bertz CT molecular complexity index is 4320. The van der Waals surface area contributed by atoms with Crippen molar-refractivity contribution in [2.75, 3.05) is 0 Å². The van der Waals surface area contributed by atoms with Crippen LogP contribution in [0.3, 0.4) is 0 Å². The van der Waals surface area contributed by atoms with Gasteiger partial charge in [-0.3, -0.25) is 0 Å². The van der Waals surface area contributed by atoms with Gasteiger partial charge in [0.25, 0.3) is 0 Å². The SMILES string of the molecule is c1ccc(-c2ccc3c(c2)c(-c2cc4c5ccc(-c6ccccc6)c6c5c(cc4c4ccc(-c5ccccc5)cc24)-c2ccccc2-6)cc2c4ccc(-c5ccccc5)c5c4c(cc32)-c2ccccc2-5)cc1. The van der Waals surface area contributed by atoms with Crippen molar-refractivity contribution in [2.45, 2.75) is 0 Å². The largest absolute Gasteiger partial charge is 0.0622 e. The molecule has 0 heterocycles. The second-order valence-electron chi connectivity index (χ2n) is 19.8. The van der Waals surface area contributed by atoms with Crippen LogP contribution in [0.15, 0.2) is 255 Å². The summed E-state index contributed by atoms with van der Waals surface area (Å²) in [6.45, 7) is 0. The van der Waals surface area contributed by atoms with E-state index in [2.05, 4.69) is 255 Å². The molecule has 0 N–H and O–H groups in total. The lowest BCUT2D eigenvalue weighted by atomic mass is 9.83. The standard InChI is InChI=1S/C72H42/c1-5-17-43(18-6-1)47-29-31-53-59(37-47)65(39-63-57-35-33-49(45-21-9-3-10-22-45)69-55-27-15-13-25-51(55)67(71(57)69)41-61(53)63)66-40-64-58-36-34-50(46-23-11-4-12-24-46)70-56-28-16-14-26-52(56)68(72(58)70)42-62(64)54-32-30-48(38-60(54)66)44-19-7-2-8-20-44/h1-42H. The van der Waals surface area contributed by atoms with Crippen LogP contribution < -0.4 is 0 Å². The quantitative estimate of drug-likeness (QED) is 0.151. The van der Waals surface area contributed by atoms with Crippen molar-refractivity contribution in [1.29, 1.82) is 0 Å². The molecular formula is C72H42. The molecule has 0 aromatic heterocycles. The molecule has 0 nitrogen and oxygen atoms in total. The van der Waals surface area contributed by atoms with Crippen LogP contribution in [0.25, 0.3) is 165 Å². The lowest BCUT2D eigenvalue weighted by Gasteiger charge is -2.20. The summed E-state index contributed by atoms with van der Waals surface area (Å²) in [6.07, 6.45) is 0. The van der Waals surface area contributed by atoms with Crippen LogP contribution in [0.4, 0.5) is 0 Å². The van der Waals surface area contributed by atoms with E-state index in [1.54, 1.807) is 0 Å². The van der Waals surface area contributed by atoms with E-state index in [0.717, 1.165) is 0 Å². The molecule has 14 aromatic rings. The maximum atomic E-state index is 2.56. The zero-order valence-corrected chi connectivity index (χ0v) is 39.2. The van der Waals surface area contributed by atoms with Gasteiger partial charge in [0.05, 0.1) is 0 Å². The van der Waals surface area contributed by atoms with E-state index in [4.69, 9.17) is 0 Å². The molecule has 0 amide bonds. The summed E-state index contributed by atoms with van der Waals surface area (Å²) < 4.78 is 0. The minimum Gasteiger partial charge on any atom is -0.0622 e. The monoisotopic (exact) mass is 906 g/mol.